The molecule has 166 valence electrons. The van der Waals surface area contributed by atoms with Crippen LogP contribution in [-0.2, 0) is 6.42 Å². The molecule has 1 N–H and O–H groups in total. The zero-order chi connectivity index (χ0) is 22.5. The number of amides is 1. The van der Waals surface area contributed by atoms with E-state index in [4.69, 9.17) is 4.42 Å². The van der Waals surface area contributed by atoms with Gasteiger partial charge < -0.3 is 14.3 Å². The fourth-order valence-corrected chi connectivity index (χ4v) is 3.99. The molecule has 0 aliphatic carbocycles. The molecule has 0 fully saturated rings. The van der Waals surface area contributed by atoms with Gasteiger partial charge in [-0.2, -0.15) is 19.0 Å². The van der Waals surface area contributed by atoms with E-state index in [9.17, 15) is 13.6 Å². The normalized spacial score (nSPS) is 16.0. The fraction of sp³-hybridized carbons (Fsp3) is 0.200. The van der Waals surface area contributed by atoms with Crippen molar-refractivity contribution in [2.75, 3.05) is 6.54 Å². The Kier molecular flexibility index (Phi) is 4.28. The van der Waals surface area contributed by atoms with Gasteiger partial charge in [-0.05, 0) is 18.2 Å². The lowest BCUT2D eigenvalue weighted by atomic mass is 9.99. The quantitative estimate of drug-likeness (QED) is 0.445. The maximum Gasteiger partial charge on any atom is 0.333 e. The number of carbonyl (C=O) groups excluding carboxylic acids is 1. The Morgan fingerprint density at radius 3 is 3.00 bits per heavy atom. The Morgan fingerprint density at radius 2 is 2.18 bits per heavy atom. The van der Waals surface area contributed by atoms with Gasteiger partial charge in [0.2, 0.25) is 0 Å². The highest BCUT2D eigenvalue weighted by molar-refractivity contribution is 5.90. The summed E-state index contributed by atoms with van der Waals surface area (Å²) in [5.41, 5.74) is 3.31. The molecule has 0 aromatic carbocycles. The van der Waals surface area contributed by atoms with Crippen molar-refractivity contribution in [2.45, 2.75) is 19.0 Å². The molecular formula is C20H15F2N9O2. The van der Waals surface area contributed by atoms with Crippen molar-refractivity contribution in [3.05, 3.63) is 72.2 Å². The SMILES string of the molecule is O=C(c1nnc(-c2cnn(C(F)F)c2)o1)N1CCc2[nH]cnc2[C@H]1c1cc2ccccn2n1. The molecule has 0 unspecified atom stereocenters. The number of pyridine rings is 1. The molecule has 0 saturated heterocycles. The summed E-state index contributed by atoms with van der Waals surface area (Å²) in [5.74, 6) is -0.847. The minimum Gasteiger partial charge on any atom is -0.412 e. The molecule has 5 aromatic rings. The predicted octanol–water partition coefficient (Wildman–Crippen LogP) is 2.49. The third-order valence-electron chi connectivity index (χ3n) is 5.51. The number of alkyl halides is 2. The van der Waals surface area contributed by atoms with Crippen LogP contribution in [0.5, 0.6) is 0 Å². The maximum atomic E-state index is 13.4. The Labute approximate surface area is 183 Å². The van der Waals surface area contributed by atoms with Crippen LogP contribution in [-0.4, -0.2) is 56.9 Å². The highest BCUT2D eigenvalue weighted by Crippen LogP contribution is 2.34. The van der Waals surface area contributed by atoms with Crippen molar-refractivity contribution in [2.24, 2.45) is 0 Å². The number of fused-ring (bicyclic) bond motifs is 2. The van der Waals surface area contributed by atoms with Gasteiger partial charge in [0.05, 0.1) is 35.0 Å². The molecule has 6 rings (SSSR count). The molecule has 1 amide bonds. The minimum absolute atomic E-state index is 0.0769. The predicted molar refractivity (Wildman–Crippen MR) is 107 cm³/mol. The van der Waals surface area contributed by atoms with Crippen molar-refractivity contribution in [3.63, 3.8) is 0 Å². The largest absolute Gasteiger partial charge is 0.412 e. The smallest absolute Gasteiger partial charge is 0.333 e. The van der Waals surface area contributed by atoms with Gasteiger partial charge in [-0.25, -0.2) is 14.2 Å². The van der Waals surface area contributed by atoms with Gasteiger partial charge in [-0.3, -0.25) is 4.79 Å². The number of nitrogens with zero attached hydrogens (tertiary/aromatic N) is 8. The van der Waals surface area contributed by atoms with Gasteiger partial charge in [0.1, 0.15) is 6.04 Å². The lowest BCUT2D eigenvalue weighted by molar-refractivity contribution is 0.0566. The molecule has 1 atom stereocenters. The third kappa shape index (κ3) is 3.16. The number of imidazole rings is 1. The number of rotatable bonds is 4. The zero-order valence-electron chi connectivity index (χ0n) is 16.8. The van der Waals surface area contributed by atoms with E-state index in [0.717, 1.165) is 17.4 Å². The summed E-state index contributed by atoms with van der Waals surface area (Å²) in [4.78, 5) is 22.5. The molecule has 1 aliphatic heterocycles. The second-order valence-corrected chi connectivity index (χ2v) is 7.46. The van der Waals surface area contributed by atoms with E-state index in [1.807, 2.05) is 30.5 Å². The van der Waals surface area contributed by atoms with Crippen LogP contribution < -0.4 is 0 Å². The van der Waals surface area contributed by atoms with E-state index >= 15 is 0 Å². The number of H-pyrrole nitrogens is 1. The third-order valence-corrected chi connectivity index (χ3v) is 5.51. The number of hydrogen-bond acceptors (Lipinski definition) is 7. The Morgan fingerprint density at radius 1 is 1.27 bits per heavy atom. The van der Waals surface area contributed by atoms with Gasteiger partial charge in [0, 0.05) is 31.1 Å². The van der Waals surface area contributed by atoms with E-state index < -0.39 is 18.5 Å². The molecule has 0 spiro atoms. The first-order valence-electron chi connectivity index (χ1n) is 10.0. The summed E-state index contributed by atoms with van der Waals surface area (Å²) in [7, 11) is 0. The van der Waals surface area contributed by atoms with E-state index in [-0.39, 0.29) is 17.3 Å². The number of aromatic amines is 1. The molecular weight excluding hydrogens is 436 g/mol. The van der Waals surface area contributed by atoms with Crippen LogP contribution in [0.3, 0.4) is 0 Å². The molecule has 6 heterocycles. The van der Waals surface area contributed by atoms with Crippen LogP contribution >= 0.6 is 0 Å². The van der Waals surface area contributed by atoms with Gasteiger partial charge in [0.25, 0.3) is 5.89 Å². The van der Waals surface area contributed by atoms with Crippen LogP contribution in [0.4, 0.5) is 8.78 Å². The zero-order valence-corrected chi connectivity index (χ0v) is 16.8. The van der Waals surface area contributed by atoms with Gasteiger partial charge in [-0.1, -0.05) is 6.07 Å². The van der Waals surface area contributed by atoms with E-state index in [0.29, 0.717) is 29.0 Å². The summed E-state index contributed by atoms with van der Waals surface area (Å²) >= 11 is 0. The number of hydrogen-bond donors (Lipinski definition) is 1. The van der Waals surface area contributed by atoms with Crippen LogP contribution in [0.15, 0.2) is 53.6 Å². The summed E-state index contributed by atoms with van der Waals surface area (Å²) in [6.07, 6.45) is 6.22. The summed E-state index contributed by atoms with van der Waals surface area (Å²) in [5, 5.41) is 15.9. The molecule has 0 radical (unpaired) electrons. The first kappa shape index (κ1) is 19.3. The van der Waals surface area contributed by atoms with Crippen molar-refractivity contribution in [1.29, 1.82) is 0 Å². The standard InChI is InChI=1S/C20H15F2N9O2/c21-20(22)31-9-11(8-25-31)17-26-27-18(33-17)19(32)29-6-4-13-15(24-10-23-13)16(29)14-7-12-3-1-2-5-30(12)28-14/h1-3,5,7-10,16,20H,4,6H2,(H,23,24)/t16-/m1/s1. The first-order valence-corrected chi connectivity index (χ1v) is 10.0. The Bertz CT molecular complexity index is 1430. The van der Waals surface area contributed by atoms with Crippen LogP contribution in [0.1, 0.15) is 40.4 Å². The van der Waals surface area contributed by atoms with Crippen molar-refractivity contribution in [3.8, 4) is 11.5 Å². The number of halogens is 2. The number of aromatic nitrogens is 8. The Balaban J connectivity index is 1.36. The highest BCUT2D eigenvalue weighted by Gasteiger charge is 2.38. The lowest BCUT2D eigenvalue weighted by Gasteiger charge is -2.32. The minimum atomic E-state index is -2.80. The van der Waals surface area contributed by atoms with E-state index in [1.54, 1.807) is 15.7 Å². The second kappa shape index (κ2) is 7.32. The monoisotopic (exact) mass is 451 g/mol. The highest BCUT2D eigenvalue weighted by atomic mass is 19.3. The summed E-state index contributed by atoms with van der Waals surface area (Å²) in [6, 6.07) is 7.02. The Hall–Kier alpha value is -4.42. The number of nitrogens with one attached hydrogen (secondary N) is 1. The molecule has 33 heavy (non-hydrogen) atoms. The molecule has 11 nitrogen and oxygen atoms in total. The van der Waals surface area contributed by atoms with Crippen LogP contribution in [0, 0.1) is 0 Å². The van der Waals surface area contributed by atoms with E-state index in [1.165, 1.54) is 6.20 Å². The average molecular weight is 451 g/mol. The lowest BCUT2D eigenvalue weighted by Crippen LogP contribution is -2.41. The van der Waals surface area contributed by atoms with Crippen LogP contribution in [0.2, 0.25) is 0 Å². The van der Waals surface area contributed by atoms with Crippen molar-refractivity contribution < 1.29 is 18.0 Å². The summed E-state index contributed by atoms with van der Waals surface area (Å²) in [6.45, 7) is -2.43. The van der Waals surface area contributed by atoms with Crippen LogP contribution in [0.25, 0.3) is 17.0 Å². The molecule has 5 aromatic heterocycles. The maximum absolute atomic E-state index is 13.4. The molecule has 0 saturated carbocycles. The molecule has 1 aliphatic rings. The van der Waals surface area contributed by atoms with Crippen molar-refractivity contribution >= 4 is 11.4 Å². The van der Waals surface area contributed by atoms with E-state index in [2.05, 4.69) is 30.4 Å². The average Bonchev–Trinajstić information content (AvgIpc) is 3.61. The first-order chi connectivity index (χ1) is 16.1. The molecule has 13 heteroatoms. The van der Waals surface area contributed by atoms with Gasteiger partial charge in [-0.15, -0.1) is 10.2 Å². The fourth-order valence-electron chi connectivity index (χ4n) is 3.99. The van der Waals surface area contributed by atoms with Gasteiger partial charge >= 0.3 is 18.3 Å². The number of carbonyl (C=O) groups is 1. The van der Waals surface area contributed by atoms with Crippen molar-refractivity contribution in [1.82, 2.24) is 44.5 Å². The summed E-state index contributed by atoms with van der Waals surface area (Å²) < 4.78 is 33.3. The second-order valence-electron chi connectivity index (χ2n) is 7.46. The molecule has 0 bridgehead atoms. The van der Waals surface area contributed by atoms with Gasteiger partial charge in [0.15, 0.2) is 0 Å². The topological polar surface area (TPSA) is 123 Å².